The maximum atomic E-state index is 11.0. The van der Waals surface area contributed by atoms with Crippen LogP contribution in [0.4, 0.5) is 5.69 Å². The zero-order valence-electron chi connectivity index (χ0n) is 9.19. The van der Waals surface area contributed by atoms with Gasteiger partial charge in [0.15, 0.2) is 5.75 Å². The van der Waals surface area contributed by atoms with Gasteiger partial charge in [-0.15, -0.1) is 0 Å². The summed E-state index contributed by atoms with van der Waals surface area (Å²) in [5.41, 5.74) is 0.494. The Bertz CT molecular complexity index is 406. The summed E-state index contributed by atoms with van der Waals surface area (Å²) in [6.07, 6.45) is 0. The summed E-state index contributed by atoms with van der Waals surface area (Å²) >= 11 is 3.31. The van der Waals surface area contributed by atoms with E-state index in [-0.39, 0.29) is 16.3 Å². The number of hydrogen-bond acceptors (Lipinski definition) is 4. The quantitative estimate of drug-likeness (QED) is 0.485. The number of nitro groups is 1. The molecule has 0 saturated carbocycles. The van der Waals surface area contributed by atoms with Gasteiger partial charge in [-0.05, 0) is 19.1 Å². The zero-order chi connectivity index (χ0) is 12.3. The van der Waals surface area contributed by atoms with E-state index < -0.39 is 4.92 Å². The Labute approximate surface area is 102 Å². The van der Waals surface area contributed by atoms with Crippen LogP contribution in [0.2, 0.25) is 0 Å². The molecule has 0 fully saturated rings. The largest absolute Gasteiger partial charge is 0.493 e. The molecule has 0 spiro atoms. The van der Waals surface area contributed by atoms with Crippen LogP contribution in [0, 0.1) is 10.1 Å². The number of methoxy groups -OCH3 is 2. The van der Waals surface area contributed by atoms with E-state index in [0.29, 0.717) is 11.3 Å². The third-order valence-corrected chi connectivity index (χ3v) is 2.65. The molecule has 1 unspecified atom stereocenters. The van der Waals surface area contributed by atoms with Crippen molar-refractivity contribution < 1.29 is 14.4 Å². The van der Waals surface area contributed by atoms with E-state index in [0.717, 1.165) is 0 Å². The molecule has 0 saturated heterocycles. The van der Waals surface area contributed by atoms with E-state index >= 15 is 0 Å². The Morgan fingerprint density at radius 2 is 2.00 bits per heavy atom. The first kappa shape index (κ1) is 12.8. The summed E-state index contributed by atoms with van der Waals surface area (Å²) in [7, 11) is 2.83. The molecular formula is C10H12BrNO4. The van der Waals surface area contributed by atoms with Crippen LogP contribution in [-0.4, -0.2) is 19.1 Å². The average molecular weight is 290 g/mol. The molecule has 0 N–H and O–H groups in total. The number of nitrogens with zero attached hydrogens (tertiary/aromatic N) is 1. The van der Waals surface area contributed by atoms with Crippen LogP contribution in [0.25, 0.3) is 0 Å². The summed E-state index contributed by atoms with van der Waals surface area (Å²) in [6, 6.07) is 3.30. The lowest BCUT2D eigenvalue weighted by Crippen LogP contribution is -2.01. The van der Waals surface area contributed by atoms with Crippen LogP contribution in [0.3, 0.4) is 0 Å². The van der Waals surface area contributed by atoms with Crippen molar-refractivity contribution >= 4 is 21.6 Å². The van der Waals surface area contributed by atoms with Crippen LogP contribution in [0.5, 0.6) is 11.5 Å². The number of rotatable bonds is 4. The molecule has 1 atom stereocenters. The number of benzene rings is 1. The fourth-order valence-electron chi connectivity index (χ4n) is 1.44. The van der Waals surface area contributed by atoms with Gasteiger partial charge in [0.2, 0.25) is 5.75 Å². The second-order valence-electron chi connectivity index (χ2n) is 3.11. The lowest BCUT2D eigenvalue weighted by molar-refractivity contribution is -0.386. The highest BCUT2D eigenvalue weighted by Gasteiger charge is 2.26. The Balaban J connectivity index is 3.50. The SMILES string of the molecule is COc1ccc(C(C)Br)c([N+](=O)[O-])c1OC. The third kappa shape index (κ3) is 2.27. The number of nitro benzene ring substituents is 1. The monoisotopic (exact) mass is 289 g/mol. The molecule has 0 aliphatic carbocycles. The van der Waals surface area contributed by atoms with Crippen LogP contribution in [0.15, 0.2) is 12.1 Å². The molecule has 0 aliphatic rings. The fourth-order valence-corrected chi connectivity index (χ4v) is 1.80. The van der Waals surface area contributed by atoms with Crippen molar-refractivity contribution in [3.63, 3.8) is 0 Å². The highest BCUT2D eigenvalue weighted by atomic mass is 79.9. The first-order valence-electron chi connectivity index (χ1n) is 4.56. The van der Waals surface area contributed by atoms with E-state index in [4.69, 9.17) is 9.47 Å². The Morgan fingerprint density at radius 3 is 2.38 bits per heavy atom. The minimum Gasteiger partial charge on any atom is -0.493 e. The second-order valence-corrected chi connectivity index (χ2v) is 4.49. The topological polar surface area (TPSA) is 61.6 Å². The first-order valence-corrected chi connectivity index (χ1v) is 5.47. The standard InChI is InChI=1S/C10H12BrNO4/c1-6(11)7-4-5-8(15-2)10(16-3)9(7)12(13)14/h4-6H,1-3H3. The molecule has 1 aromatic rings. The van der Waals surface area contributed by atoms with Crippen molar-refractivity contribution in [3.8, 4) is 11.5 Å². The van der Waals surface area contributed by atoms with Crippen molar-refractivity contribution in [2.75, 3.05) is 14.2 Å². The molecule has 1 rings (SSSR count). The minimum atomic E-state index is -0.464. The van der Waals surface area contributed by atoms with Crippen LogP contribution in [0.1, 0.15) is 17.3 Å². The summed E-state index contributed by atoms with van der Waals surface area (Å²) in [6.45, 7) is 1.81. The number of hydrogen-bond donors (Lipinski definition) is 0. The molecular weight excluding hydrogens is 278 g/mol. The second kappa shape index (κ2) is 5.16. The molecule has 5 nitrogen and oxygen atoms in total. The molecule has 16 heavy (non-hydrogen) atoms. The van der Waals surface area contributed by atoms with Gasteiger partial charge in [-0.2, -0.15) is 0 Å². The molecule has 88 valence electrons. The van der Waals surface area contributed by atoms with Gasteiger partial charge in [0, 0.05) is 10.4 Å². The van der Waals surface area contributed by atoms with Crippen LogP contribution in [-0.2, 0) is 0 Å². The molecule has 0 amide bonds. The van der Waals surface area contributed by atoms with Gasteiger partial charge in [-0.3, -0.25) is 10.1 Å². The van der Waals surface area contributed by atoms with Gasteiger partial charge in [-0.1, -0.05) is 15.9 Å². The number of alkyl halides is 1. The third-order valence-electron chi connectivity index (χ3n) is 2.16. The summed E-state index contributed by atoms with van der Waals surface area (Å²) < 4.78 is 10.0. The molecule has 0 heterocycles. The predicted molar refractivity (Wildman–Crippen MR) is 63.5 cm³/mol. The van der Waals surface area contributed by atoms with Crippen molar-refractivity contribution in [3.05, 3.63) is 27.8 Å². The Hall–Kier alpha value is -1.30. The van der Waals surface area contributed by atoms with Crippen molar-refractivity contribution in [1.82, 2.24) is 0 Å². The number of ether oxygens (including phenoxy) is 2. The molecule has 0 bridgehead atoms. The summed E-state index contributed by atoms with van der Waals surface area (Å²) in [5.74, 6) is 0.502. The van der Waals surface area contributed by atoms with Gasteiger partial charge in [-0.25, -0.2) is 0 Å². The van der Waals surface area contributed by atoms with E-state index in [9.17, 15) is 10.1 Å². The van der Waals surface area contributed by atoms with Gasteiger partial charge in [0.25, 0.3) is 0 Å². The van der Waals surface area contributed by atoms with Crippen LogP contribution >= 0.6 is 15.9 Å². The summed E-state index contributed by atoms with van der Waals surface area (Å²) in [4.78, 5) is 10.4. The van der Waals surface area contributed by atoms with Crippen LogP contribution < -0.4 is 9.47 Å². The van der Waals surface area contributed by atoms with E-state index in [1.165, 1.54) is 14.2 Å². The predicted octanol–water partition coefficient (Wildman–Crippen LogP) is 3.07. The number of halogens is 1. The minimum absolute atomic E-state index is 0.0637. The summed E-state index contributed by atoms with van der Waals surface area (Å²) in [5, 5.41) is 11.0. The highest BCUT2D eigenvalue weighted by molar-refractivity contribution is 9.09. The fraction of sp³-hybridized carbons (Fsp3) is 0.400. The molecule has 0 aromatic heterocycles. The Kier molecular flexibility index (Phi) is 4.12. The molecule has 0 aliphatic heterocycles. The zero-order valence-corrected chi connectivity index (χ0v) is 10.8. The Morgan fingerprint density at radius 1 is 1.38 bits per heavy atom. The first-order chi connectivity index (χ1) is 7.52. The smallest absolute Gasteiger partial charge is 0.319 e. The van der Waals surface area contributed by atoms with E-state index in [1.807, 2.05) is 6.92 Å². The molecule has 0 radical (unpaired) electrons. The highest BCUT2D eigenvalue weighted by Crippen LogP contribution is 2.43. The average Bonchev–Trinajstić information content (AvgIpc) is 2.26. The van der Waals surface area contributed by atoms with Gasteiger partial charge >= 0.3 is 5.69 Å². The van der Waals surface area contributed by atoms with Crippen molar-refractivity contribution in [2.45, 2.75) is 11.8 Å². The molecule has 1 aromatic carbocycles. The van der Waals surface area contributed by atoms with E-state index in [1.54, 1.807) is 12.1 Å². The van der Waals surface area contributed by atoms with E-state index in [2.05, 4.69) is 15.9 Å². The van der Waals surface area contributed by atoms with Gasteiger partial charge in [0.05, 0.1) is 19.1 Å². The van der Waals surface area contributed by atoms with Crippen molar-refractivity contribution in [1.29, 1.82) is 0 Å². The lowest BCUT2D eigenvalue weighted by Gasteiger charge is -2.12. The van der Waals surface area contributed by atoms with Crippen molar-refractivity contribution in [2.24, 2.45) is 0 Å². The normalized spacial score (nSPS) is 12.0. The maximum absolute atomic E-state index is 11.0. The van der Waals surface area contributed by atoms with Gasteiger partial charge in [0.1, 0.15) is 0 Å². The maximum Gasteiger partial charge on any atom is 0.319 e. The lowest BCUT2D eigenvalue weighted by atomic mass is 10.1. The van der Waals surface area contributed by atoms with Gasteiger partial charge < -0.3 is 9.47 Å². The molecule has 6 heteroatoms.